The fraction of sp³-hybridized carbons (Fsp3) is 0.333. The van der Waals surface area contributed by atoms with Crippen LogP contribution in [-0.4, -0.2) is 20.7 Å². The predicted molar refractivity (Wildman–Crippen MR) is 48.4 cm³/mol. The van der Waals surface area contributed by atoms with Gasteiger partial charge >= 0.3 is 0 Å². The Morgan fingerprint density at radius 2 is 2.27 bits per heavy atom. The molecule has 0 spiro atoms. The number of likely N-dealkylation sites (N-methyl/N-ethyl adjacent to an activating group) is 1. The van der Waals surface area contributed by atoms with Gasteiger partial charge in [-0.1, -0.05) is 19.2 Å². The number of hydrogen-bond acceptors (Lipinski definition) is 2. The summed E-state index contributed by atoms with van der Waals surface area (Å²) in [5.41, 5.74) is 1.07. The molecule has 0 aromatic carbocycles. The van der Waals surface area contributed by atoms with Gasteiger partial charge in [0.05, 0.1) is 7.11 Å². The number of rotatable bonds is 5. The van der Waals surface area contributed by atoms with Crippen molar-refractivity contribution in [2.45, 2.75) is 0 Å². The Hall–Kier alpha value is -1.02. The quantitative estimate of drug-likeness (QED) is 0.477. The molecule has 0 aliphatic rings. The van der Waals surface area contributed by atoms with Crippen LogP contribution in [0.2, 0.25) is 0 Å². The SMILES string of the molecule is C=C/C(=C\C(=C)OC)CNC. The molecule has 62 valence electrons. The lowest BCUT2D eigenvalue weighted by molar-refractivity contribution is 0.308. The lowest BCUT2D eigenvalue weighted by atomic mass is 10.2. The summed E-state index contributed by atoms with van der Waals surface area (Å²) in [6, 6.07) is 0. The summed E-state index contributed by atoms with van der Waals surface area (Å²) < 4.78 is 4.88. The van der Waals surface area contributed by atoms with Crippen molar-refractivity contribution >= 4 is 0 Å². The highest BCUT2D eigenvalue weighted by Crippen LogP contribution is 2.00. The van der Waals surface area contributed by atoms with E-state index < -0.39 is 0 Å². The normalized spacial score (nSPS) is 10.9. The number of methoxy groups -OCH3 is 1. The van der Waals surface area contributed by atoms with E-state index in [1.54, 1.807) is 13.2 Å². The van der Waals surface area contributed by atoms with E-state index in [9.17, 15) is 0 Å². The maximum absolute atomic E-state index is 4.88. The first-order valence-electron chi connectivity index (χ1n) is 3.45. The van der Waals surface area contributed by atoms with E-state index in [1.165, 1.54) is 0 Å². The molecule has 0 aliphatic carbocycles. The minimum Gasteiger partial charge on any atom is -0.497 e. The molecule has 0 fully saturated rings. The van der Waals surface area contributed by atoms with Crippen LogP contribution >= 0.6 is 0 Å². The number of nitrogens with one attached hydrogen (secondary N) is 1. The highest BCUT2D eigenvalue weighted by atomic mass is 16.5. The van der Waals surface area contributed by atoms with E-state index in [0.717, 1.165) is 12.1 Å². The van der Waals surface area contributed by atoms with E-state index in [0.29, 0.717) is 5.76 Å². The minimum atomic E-state index is 0.648. The molecule has 0 unspecified atom stereocenters. The van der Waals surface area contributed by atoms with Crippen molar-refractivity contribution in [1.29, 1.82) is 0 Å². The van der Waals surface area contributed by atoms with E-state index >= 15 is 0 Å². The Kier molecular flexibility index (Phi) is 5.21. The molecular formula is C9H15NO. The maximum atomic E-state index is 4.88. The maximum Gasteiger partial charge on any atom is 0.112 e. The zero-order valence-electron chi connectivity index (χ0n) is 7.18. The van der Waals surface area contributed by atoms with Crippen LogP contribution in [0.5, 0.6) is 0 Å². The van der Waals surface area contributed by atoms with Gasteiger partial charge in [-0.05, 0) is 18.7 Å². The van der Waals surface area contributed by atoms with E-state index in [1.807, 2.05) is 13.1 Å². The summed E-state index contributed by atoms with van der Waals surface area (Å²) in [4.78, 5) is 0. The fourth-order valence-corrected chi connectivity index (χ4v) is 0.652. The smallest absolute Gasteiger partial charge is 0.112 e. The molecule has 2 heteroatoms. The van der Waals surface area contributed by atoms with Crippen LogP contribution in [0.4, 0.5) is 0 Å². The van der Waals surface area contributed by atoms with Crippen molar-refractivity contribution in [3.8, 4) is 0 Å². The molecule has 0 saturated heterocycles. The van der Waals surface area contributed by atoms with Crippen molar-refractivity contribution in [3.63, 3.8) is 0 Å². The van der Waals surface area contributed by atoms with Crippen molar-refractivity contribution in [1.82, 2.24) is 5.32 Å². The lowest BCUT2D eigenvalue weighted by Gasteiger charge is -2.01. The molecule has 0 aliphatic heterocycles. The van der Waals surface area contributed by atoms with Gasteiger partial charge in [0, 0.05) is 6.54 Å². The van der Waals surface area contributed by atoms with Crippen LogP contribution in [0.3, 0.4) is 0 Å². The zero-order valence-corrected chi connectivity index (χ0v) is 7.18. The third-order valence-corrected chi connectivity index (χ3v) is 1.25. The molecule has 0 aromatic heterocycles. The molecule has 2 nitrogen and oxygen atoms in total. The van der Waals surface area contributed by atoms with Crippen LogP contribution in [0.1, 0.15) is 0 Å². The average molecular weight is 153 g/mol. The van der Waals surface area contributed by atoms with Crippen molar-refractivity contribution in [3.05, 3.63) is 36.6 Å². The van der Waals surface area contributed by atoms with Crippen molar-refractivity contribution < 1.29 is 4.74 Å². The van der Waals surface area contributed by atoms with Gasteiger partial charge in [-0.25, -0.2) is 0 Å². The van der Waals surface area contributed by atoms with E-state index in [4.69, 9.17) is 4.74 Å². The second-order valence-corrected chi connectivity index (χ2v) is 2.12. The molecule has 0 radical (unpaired) electrons. The molecule has 0 aromatic rings. The van der Waals surface area contributed by atoms with Gasteiger partial charge in [0.1, 0.15) is 5.76 Å². The first kappa shape index (κ1) is 9.98. The highest BCUT2D eigenvalue weighted by Gasteiger charge is 1.90. The molecular weight excluding hydrogens is 138 g/mol. The molecule has 0 saturated carbocycles. The molecule has 1 N–H and O–H groups in total. The third kappa shape index (κ3) is 4.39. The summed E-state index contributed by atoms with van der Waals surface area (Å²) in [7, 11) is 3.48. The Morgan fingerprint density at radius 1 is 1.64 bits per heavy atom. The van der Waals surface area contributed by atoms with Gasteiger partial charge in [0.2, 0.25) is 0 Å². The summed E-state index contributed by atoms with van der Waals surface area (Å²) in [5, 5.41) is 3.01. The molecule has 11 heavy (non-hydrogen) atoms. The minimum absolute atomic E-state index is 0.648. The molecule has 0 atom stereocenters. The van der Waals surface area contributed by atoms with Crippen molar-refractivity contribution in [2.24, 2.45) is 0 Å². The van der Waals surface area contributed by atoms with Gasteiger partial charge in [-0.2, -0.15) is 0 Å². The van der Waals surface area contributed by atoms with Crippen LogP contribution in [-0.2, 0) is 4.74 Å². The second-order valence-electron chi connectivity index (χ2n) is 2.12. The number of ether oxygens (including phenoxy) is 1. The van der Waals surface area contributed by atoms with Gasteiger partial charge < -0.3 is 10.1 Å². The Bertz CT molecular complexity index is 170. The molecule has 0 rings (SSSR count). The van der Waals surface area contributed by atoms with Crippen LogP contribution in [0.15, 0.2) is 36.6 Å². The topological polar surface area (TPSA) is 21.3 Å². The zero-order chi connectivity index (χ0) is 8.69. The first-order chi connectivity index (χ1) is 5.24. The van der Waals surface area contributed by atoms with Crippen LogP contribution in [0, 0.1) is 0 Å². The fourth-order valence-electron chi connectivity index (χ4n) is 0.652. The number of hydrogen-bond donors (Lipinski definition) is 1. The summed E-state index contributed by atoms with van der Waals surface area (Å²) in [5.74, 6) is 0.648. The summed E-state index contributed by atoms with van der Waals surface area (Å²) >= 11 is 0. The van der Waals surface area contributed by atoms with Crippen LogP contribution in [0.25, 0.3) is 0 Å². The molecule has 0 heterocycles. The van der Waals surface area contributed by atoms with E-state index in [2.05, 4.69) is 18.5 Å². The predicted octanol–water partition coefficient (Wildman–Crippen LogP) is 1.48. The molecule has 0 bridgehead atoms. The largest absolute Gasteiger partial charge is 0.497 e. The van der Waals surface area contributed by atoms with Crippen LogP contribution < -0.4 is 5.32 Å². The summed E-state index contributed by atoms with van der Waals surface area (Å²) in [6.07, 6.45) is 3.63. The van der Waals surface area contributed by atoms with E-state index in [-0.39, 0.29) is 0 Å². The van der Waals surface area contributed by atoms with Gasteiger partial charge in [-0.3, -0.25) is 0 Å². The molecule has 0 amide bonds. The van der Waals surface area contributed by atoms with Gasteiger partial charge in [0.15, 0.2) is 0 Å². The Labute approximate surface area is 68.3 Å². The third-order valence-electron chi connectivity index (χ3n) is 1.25. The Balaban J connectivity index is 4.10. The standard InChI is InChI=1S/C9H15NO/c1-5-9(7-10-3)6-8(2)11-4/h5-6,10H,1-2,7H2,3-4H3/b9-6+. The first-order valence-corrected chi connectivity index (χ1v) is 3.45. The van der Waals surface area contributed by atoms with Gasteiger partial charge in [0.25, 0.3) is 0 Å². The Morgan fingerprint density at radius 3 is 2.64 bits per heavy atom. The number of allylic oxidation sites excluding steroid dienone is 1. The lowest BCUT2D eigenvalue weighted by Crippen LogP contribution is -2.09. The second kappa shape index (κ2) is 5.74. The monoisotopic (exact) mass is 153 g/mol. The highest BCUT2D eigenvalue weighted by molar-refractivity contribution is 5.25. The van der Waals surface area contributed by atoms with Gasteiger partial charge in [-0.15, -0.1) is 0 Å². The van der Waals surface area contributed by atoms with Crippen molar-refractivity contribution in [2.75, 3.05) is 20.7 Å². The average Bonchev–Trinajstić information content (AvgIpc) is 2.03. The summed E-state index contributed by atoms with van der Waals surface area (Å²) in [6.45, 7) is 8.11.